The van der Waals surface area contributed by atoms with E-state index in [0.717, 1.165) is 25.3 Å². The molecule has 0 unspecified atom stereocenters. The Morgan fingerprint density at radius 1 is 1.08 bits per heavy atom. The normalized spacial score (nSPS) is 14.3. The number of halogens is 4. The Morgan fingerprint density at radius 3 is 2.18 bits per heavy atom. The SMILES string of the molecule is C=CCOC(=O)N(CSC[C@H](NC(=O)OC(C)(C)C)C(=O)OC)c1c(F)c(F)c(N2CCCCC2)c(F)c1F. The number of nitrogens with zero attached hydrogens (tertiary/aromatic N) is 2. The molecule has 2 amide bonds. The van der Waals surface area contributed by atoms with Crippen LogP contribution in [0.5, 0.6) is 0 Å². The maximum Gasteiger partial charge on any atom is 0.415 e. The minimum atomic E-state index is -1.78. The van der Waals surface area contributed by atoms with Crippen molar-refractivity contribution in [3.63, 3.8) is 0 Å². The number of nitrogens with one attached hydrogen (secondary N) is 1. The standard InChI is InChI=1S/C25H33F4N3O6S/c1-6-12-37-24(35)32(14-39-13-15(22(33)36-5)30-23(34)38-25(2,3)4)21-18(28)16(26)20(17(27)19(21)29)31-10-8-7-9-11-31/h6,15H,1,7-14H2,2-5H3,(H,30,34)/t15-/m0/s1. The van der Waals surface area contributed by atoms with Gasteiger partial charge in [-0.2, -0.15) is 0 Å². The summed E-state index contributed by atoms with van der Waals surface area (Å²) in [6, 6.07) is -1.29. The topological polar surface area (TPSA) is 97.4 Å². The Morgan fingerprint density at radius 2 is 1.67 bits per heavy atom. The minimum Gasteiger partial charge on any atom is -0.467 e. The Bertz CT molecular complexity index is 1030. The Labute approximate surface area is 228 Å². The number of piperidine rings is 1. The van der Waals surface area contributed by atoms with Crippen molar-refractivity contribution in [1.29, 1.82) is 0 Å². The van der Waals surface area contributed by atoms with E-state index in [2.05, 4.69) is 16.6 Å². The highest BCUT2D eigenvalue weighted by Gasteiger charge is 2.35. The lowest BCUT2D eigenvalue weighted by Crippen LogP contribution is -2.46. The van der Waals surface area contributed by atoms with Crippen molar-refractivity contribution in [3.05, 3.63) is 35.9 Å². The molecule has 39 heavy (non-hydrogen) atoms. The number of esters is 1. The van der Waals surface area contributed by atoms with Gasteiger partial charge < -0.3 is 24.4 Å². The van der Waals surface area contributed by atoms with Gasteiger partial charge in [0, 0.05) is 18.8 Å². The van der Waals surface area contributed by atoms with Crippen molar-refractivity contribution in [2.24, 2.45) is 0 Å². The molecule has 1 aromatic rings. The third-order valence-corrected chi connectivity index (χ3v) is 6.40. The molecule has 0 bridgehead atoms. The van der Waals surface area contributed by atoms with Crippen LogP contribution < -0.4 is 15.1 Å². The first-order valence-corrected chi connectivity index (χ1v) is 13.3. The summed E-state index contributed by atoms with van der Waals surface area (Å²) in [6.45, 7) is 8.28. The van der Waals surface area contributed by atoms with Crippen molar-refractivity contribution in [1.82, 2.24) is 5.32 Å². The Hall–Kier alpha value is -3.16. The number of alkyl carbamates (subject to hydrolysis) is 1. The fourth-order valence-corrected chi connectivity index (χ4v) is 4.66. The van der Waals surface area contributed by atoms with Gasteiger partial charge in [0.1, 0.15) is 29.6 Å². The molecule has 1 atom stereocenters. The zero-order chi connectivity index (χ0) is 29.3. The maximum atomic E-state index is 15.3. The van der Waals surface area contributed by atoms with E-state index in [1.807, 2.05) is 0 Å². The van der Waals surface area contributed by atoms with Gasteiger partial charge in [0.05, 0.1) is 13.0 Å². The number of benzene rings is 1. The molecule has 1 aliphatic rings. The van der Waals surface area contributed by atoms with E-state index in [9.17, 15) is 14.4 Å². The number of thioether (sulfide) groups is 1. The lowest BCUT2D eigenvalue weighted by molar-refractivity contribution is -0.142. The first kappa shape index (κ1) is 32.1. The van der Waals surface area contributed by atoms with Gasteiger partial charge >= 0.3 is 18.2 Å². The molecule has 0 spiro atoms. The molecule has 14 heteroatoms. The molecule has 9 nitrogen and oxygen atoms in total. The molecule has 0 radical (unpaired) electrons. The van der Waals surface area contributed by atoms with Crippen LogP contribution in [0.2, 0.25) is 0 Å². The molecule has 0 saturated carbocycles. The van der Waals surface area contributed by atoms with Gasteiger partial charge in [-0.1, -0.05) is 12.7 Å². The number of carbonyl (C=O) groups is 3. The van der Waals surface area contributed by atoms with Crippen LogP contribution >= 0.6 is 11.8 Å². The summed E-state index contributed by atoms with van der Waals surface area (Å²) in [5.74, 6) is -8.59. The molecular weight excluding hydrogens is 546 g/mol. The number of carbonyl (C=O) groups excluding carboxylic acids is 3. The highest BCUT2D eigenvalue weighted by atomic mass is 32.2. The summed E-state index contributed by atoms with van der Waals surface area (Å²) < 4.78 is 75.4. The first-order chi connectivity index (χ1) is 18.3. The minimum absolute atomic E-state index is 0.215. The second kappa shape index (κ2) is 14.3. The van der Waals surface area contributed by atoms with Crippen LogP contribution in [0.1, 0.15) is 40.0 Å². The van der Waals surface area contributed by atoms with Crippen LogP contribution in [0.15, 0.2) is 12.7 Å². The predicted molar refractivity (Wildman–Crippen MR) is 139 cm³/mol. The lowest BCUT2D eigenvalue weighted by Gasteiger charge is -2.31. The molecular formula is C25H33F4N3O6S. The fraction of sp³-hybridized carbons (Fsp3) is 0.560. The molecule has 1 fully saturated rings. The number of anilines is 2. The van der Waals surface area contributed by atoms with Crippen LogP contribution in [0.4, 0.5) is 38.5 Å². The van der Waals surface area contributed by atoms with Gasteiger partial charge in [-0.25, -0.2) is 31.9 Å². The fourth-order valence-electron chi connectivity index (χ4n) is 3.68. The van der Waals surface area contributed by atoms with E-state index in [1.54, 1.807) is 20.8 Å². The van der Waals surface area contributed by atoms with Gasteiger partial charge in [0.15, 0.2) is 23.3 Å². The molecule has 1 N–H and O–H groups in total. The van der Waals surface area contributed by atoms with Gasteiger partial charge in [0.25, 0.3) is 0 Å². The smallest absolute Gasteiger partial charge is 0.415 e. The third-order valence-electron chi connectivity index (χ3n) is 5.39. The van der Waals surface area contributed by atoms with E-state index in [1.165, 1.54) is 11.0 Å². The van der Waals surface area contributed by atoms with Crippen molar-refractivity contribution in [2.75, 3.05) is 48.2 Å². The van der Waals surface area contributed by atoms with E-state index in [0.29, 0.717) is 17.7 Å². The van der Waals surface area contributed by atoms with Crippen molar-refractivity contribution in [2.45, 2.75) is 51.7 Å². The second-order valence-corrected chi connectivity index (χ2v) is 10.5. The summed E-state index contributed by atoms with van der Waals surface area (Å²) in [5, 5.41) is 2.31. The summed E-state index contributed by atoms with van der Waals surface area (Å²) in [7, 11) is 1.08. The van der Waals surface area contributed by atoms with Crippen molar-refractivity contribution >= 4 is 41.3 Å². The average Bonchev–Trinajstić information content (AvgIpc) is 2.88. The van der Waals surface area contributed by atoms with Crippen LogP contribution in [-0.4, -0.2) is 68.2 Å². The number of hydrogen-bond donors (Lipinski definition) is 1. The van der Waals surface area contributed by atoms with Crippen LogP contribution in [-0.2, 0) is 19.0 Å². The van der Waals surface area contributed by atoms with Crippen molar-refractivity contribution in [3.8, 4) is 0 Å². The number of ether oxygens (including phenoxy) is 3. The quantitative estimate of drug-likeness (QED) is 0.102. The molecule has 1 aliphatic heterocycles. The second-order valence-electron chi connectivity index (χ2n) is 9.52. The van der Waals surface area contributed by atoms with Gasteiger partial charge in [0.2, 0.25) is 0 Å². The highest BCUT2D eigenvalue weighted by molar-refractivity contribution is 7.99. The Kier molecular flexibility index (Phi) is 11.7. The number of methoxy groups -OCH3 is 1. The molecule has 2 rings (SSSR count). The lowest BCUT2D eigenvalue weighted by atomic mass is 10.1. The van der Waals surface area contributed by atoms with Gasteiger partial charge in [-0.3, -0.25) is 4.90 Å². The largest absolute Gasteiger partial charge is 0.467 e. The summed E-state index contributed by atoms with van der Waals surface area (Å²) in [5.41, 5.74) is -3.00. The molecule has 1 saturated heterocycles. The number of amides is 2. The predicted octanol–water partition coefficient (Wildman–Crippen LogP) is 5.12. The zero-order valence-corrected chi connectivity index (χ0v) is 23.1. The molecule has 0 aliphatic carbocycles. The number of hydrogen-bond acceptors (Lipinski definition) is 8. The van der Waals surface area contributed by atoms with E-state index in [4.69, 9.17) is 9.47 Å². The average molecular weight is 580 g/mol. The van der Waals surface area contributed by atoms with E-state index < -0.39 is 70.3 Å². The van der Waals surface area contributed by atoms with Crippen LogP contribution in [0, 0.1) is 23.3 Å². The van der Waals surface area contributed by atoms with E-state index in [-0.39, 0.29) is 25.4 Å². The van der Waals surface area contributed by atoms with Crippen molar-refractivity contribution < 1.29 is 46.2 Å². The monoisotopic (exact) mass is 579 g/mol. The third kappa shape index (κ3) is 8.67. The van der Waals surface area contributed by atoms with Gasteiger partial charge in [-0.15, -0.1) is 11.8 Å². The Balaban J connectivity index is 2.34. The molecule has 1 aromatic carbocycles. The summed E-state index contributed by atoms with van der Waals surface area (Å²) in [6.07, 6.45) is 0.945. The van der Waals surface area contributed by atoms with Gasteiger partial charge in [-0.05, 0) is 40.0 Å². The van der Waals surface area contributed by atoms with Crippen LogP contribution in [0.3, 0.4) is 0 Å². The number of rotatable bonds is 10. The maximum absolute atomic E-state index is 15.3. The molecule has 1 heterocycles. The summed E-state index contributed by atoms with van der Waals surface area (Å²) in [4.78, 5) is 38.6. The molecule has 218 valence electrons. The first-order valence-electron chi connectivity index (χ1n) is 12.1. The zero-order valence-electron chi connectivity index (χ0n) is 22.3. The highest BCUT2D eigenvalue weighted by Crippen LogP contribution is 2.37. The van der Waals surface area contributed by atoms with Crippen LogP contribution in [0.25, 0.3) is 0 Å². The molecule has 0 aromatic heterocycles. The van der Waals surface area contributed by atoms with E-state index >= 15 is 17.6 Å². The summed E-state index contributed by atoms with van der Waals surface area (Å²) >= 11 is 0.731.